The number of rotatable bonds is 7. The lowest BCUT2D eigenvalue weighted by Gasteiger charge is -2.41. The molecule has 13 heteroatoms. The molecule has 1 aromatic heterocycles. The van der Waals surface area contributed by atoms with Crippen molar-refractivity contribution in [1.82, 2.24) is 14.3 Å². The average Bonchev–Trinajstić information content (AvgIpc) is 3.46. The number of fused-ring (bicyclic) bond motifs is 1. The Bertz CT molecular complexity index is 1780. The Morgan fingerprint density at radius 3 is 2.16 bits per heavy atom. The first-order valence-corrected chi connectivity index (χ1v) is 15.4. The summed E-state index contributed by atoms with van der Waals surface area (Å²) in [6, 6.07) is 11.4. The van der Waals surface area contributed by atoms with E-state index in [1.807, 2.05) is 24.3 Å². The molecule has 1 N–H and O–H groups in total. The predicted octanol–water partition coefficient (Wildman–Crippen LogP) is 6.30. The van der Waals surface area contributed by atoms with Gasteiger partial charge in [-0.15, -0.1) is 0 Å². The maximum absolute atomic E-state index is 14.5. The van der Waals surface area contributed by atoms with Crippen molar-refractivity contribution in [3.05, 3.63) is 89.0 Å². The van der Waals surface area contributed by atoms with Crippen LogP contribution in [0, 0.1) is 29.1 Å². The van der Waals surface area contributed by atoms with Crippen LogP contribution < -0.4 is 4.90 Å². The topological polar surface area (TPSA) is 86.4 Å². The number of hydrogen-bond donors (Lipinski definition) is 1. The summed E-state index contributed by atoms with van der Waals surface area (Å²) in [5.74, 6) is -12.4. The summed E-state index contributed by atoms with van der Waals surface area (Å²) in [6.45, 7) is -0.307. The van der Waals surface area contributed by atoms with Crippen LogP contribution in [-0.2, 0) is 21.4 Å². The minimum absolute atomic E-state index is 0.0170. The van der Waals surface area contributed by atoms with E-state index in [0.717, 1.165) is 18.4 Å². The van der Waals surface area contributed by atoms with Crippen molar-refractivity contribution in [2.45, 2.75) is 61.9 Å². The molecule has 1 atom stereocenters. The zero-order valence-electron chi connectivity index (χ0n) is 22.8. The maximum atomic E-state index is 14.5. The molecular weight excluding hydrogens is 591 g/mol. The fraction of sp³-hybridized carbons (Fsp3) is 0.333. The first-order chi connectivity index (χ1) is 20.6. The van der Waals surface area contributed by atoms with Gasteiger partial charge in [-0.25, -0.2) is 35.4 Å². The number of carbonyl (C=O) groups is 1. The fourth-order valence-electron chi connectivity index (χ4n) is 5.91. The zero-order valence-corrected chi connectivity index (χ0v) is 23.6. The van der Waals surface area contributed by atoms with Gasteiger partial charge in [0, 0.05) is 12.2 Å². The number of carbonyl (C=O) groups excluding carboxylic acids is 1. The molecule has 1 amide bonds. The summed E-state index contributed by atoms with van der Waals surface area (Å²) < 4.78 is 97.3. The molecule has 2 fully saturated rings. The van der Waals surface area contributed by atoms with Crippen molar-refractivity contribution in [3.8, 4) is 0 Å². The number of anilines is 1. The van der Waals surface area contributed by atoms with Crippen LogP contribution in [0.25, 0.3) is 11.0 Å². The van der Waals surface area contributed by atoms with Crippen LogP contribution in [0.15, 0.2) is 53.7 Å². The third kappa shape index (κ3) is 5.18. The van der Waals surface area contributed by atoms with Crippen LogP contribution in [0.3, 0.4) is 0 Å². The molecule has 2 heterocycles. The quantitative estimate of drug-likeness (QED) is 0.150. The Kier molecular flexibility index (Phi) is 7.71. The number of sulfonamides is 1. The van der Waals surface area contributed by atoms with Crippen LogP contribution in [0.5, 0.6) is 0 Å². The van der Waals surface area contributed by atoms with Gasteiger partial charge in [0.25, 0.3) is 0 Å². The third-order valence-electron chi connectivity index (χ3n) is 8.37. The highest BCUT2D eigenvalue weighted by molar-refractivity contribution is 7.89. The van der Waals surface area contributed by atoms with Crippen molar-refractivity contribution < 1.29 is 35.2 Å². The van der Waals surface area contributed by atoms with E-state index in [2.05, 4.69) is 9.97 Å². The molecule has 1 aliphatic carbocycles. The lowest BCUT2D eigenvalue weighted by molar-refractivity contribution is -0.125. The zero-order chi connectivity index (χ0) is 30.5. The first-order valence-electron chi connectivity index (χ1n) is 13.9. The van der Waals surface area contributed by atoms with Gasteiger partial charge < -0.3 is 9.88 Å². The Morgan fingerprint density at radius 1 is 0.884 bits per heavy atom. The molecule has 3 aromatic carbocycles. The second kappa shape index (κ2) is 11.3. The van der Waals surface area contributed by atoms with Gasteiger partial charge in [-0.1, -0.05) is 43.5 Å². The number of H-pyrrole nitrogens is 1. The maximum Gasteiger partial charge on any atom is 0.249 e. The van der Waals surface area contributed by atoms with Crippen molar-refractivity contribution in [2.24, 2.45) is 0 Å². The molecule has 1 saturated carbocycles. The van der Waals surface area contributed by atoms with Crippen LogP contribution in [0.1, 0.15) is 55.6 Å². The van der Waals surface area contributed by atoms with Crippen LogP contribution in [0.4, 0.5) is 27.6 Å². The fourth-order valence-corrected chi connectivity index (χ4v) is 7.65. The van der Waals surface area contributed by atoms with Crippen LogP contribution in [-0.4, -0.2) is 41.2 Å². The molecule has 2 aliphatic rings. The van der Waals surface area contributed by atoms with Gasteiger partial charge in [-0.2, -0.15) is 4.31 Å². The first kappa shape index (κ1) is 29.2. The van der Waals surface area contributed by atoms with Gasteiger partial charge in [0.05, 0.1) is 23.9 Å². The van der Waals surface area contributed by atoms with Crippen molar-refractivity contribution in [1.29, 1.82) is 0 Å². The van der Waals surface area contributed by atoms with E-state index in [-0.39, 0.29) is 19.5 Å². The lowest BCUT2D eigenvalue weighted by Crippen LogP contribution is -2.59. The van der Waals surface area contributed by atoms with Gasteiger partial charge in [0.15, 0.2) is 28.2 Å². The van der Waals surface area contributed by atoms with Crippen LogP contribution in [0.2, 0.25) is 0 Å². The van der Waals surface area contributed by atoms with Gasteiger partial charge in [0.1, 0.15) is 6.04 Å². The molecule has 0 spiro atoms. The summed E-state index contributed by atoms with van der Waals surface area (Å²) >= 11 is 0. The third-order valence-corrected chi connectivity index (χ3v) is 10.3. The Labute approximate surface area is 244 Å². The molecular formula is C30H27F5N4O3S. The monoisotopic (exact) mass is 618 g/mol. The molecule has 1 aliphatic heterocycles. The van der Waals surface area contributed by atoms with E-state index >= 15 is 0 Å². The normalized spacial score (nSPS) is 18.1. The largest absolute Gasteiger partial charge is 0.345 e. The molecule has 0 bridgehead atoms. The Morgan fingerprint density at radius 2 is 1.53 bits per heavy atom. The predicted molar refractivity (Wildman–Crippen MR) is 148 cm³/mol. The summed E-state index contributed by atoms with van der Waals surface area (Å²) in [7, 11) is -5.28. The van der Waals surface area contributed by atoms with Crippen LogP contribution >= 0.6 is 0 Å². The number of aromatic nitrogens is 2. The molecule has 4 aromatic rings. The highest BCUT2D eigenvalue weighted by Crippen LogP contribution is 2.36. The number of imidazole rings is 1. The van der Waals surface area contributed by atoms with Gasteiger partial charge in [0.2, 0.25) is 21.7 Å². The van der Waals surface area contributed by atoms with E-state index in [0.29, 0.717) is 26.9 Å². The summed E-state index contributed by atoms with van der Waals surface area (Å²) in [4.78, 5) is 20.5. The number of amides is 1. The Hall–Kier alpha value is -3.84. The molecule has 1 unspecified atom stereocenters. The number of hydrogen-bond acceptors (Lipinski definition) is 4. The minimum Gasteiger partial charge on any atom is -0.345 e. The number of aromatic amines is 1. The van der Waals surface area contributed by atoms with E-state index < -0.39 is 56.0 Å². The highest BCUT2D eigenvalue weighted by atomic mass is 32.2. The molecule has 226 valence electrons. The van der Waals surface area contributed by atoms with E-state index in [1.165, 1.54) is 36.1 Å². The SMILES string of the molecule is O=C(C1CCN1S(=O)(=O)c1c(F)c(F)c(F)c(F)c1F)N(Cc1ccc(C2CCCCC2)cc1)c1ccc2nc[nH]c2c1. The second-order valence-electron chi connectivity index (χ2n) is 10.9. The number of nitrogens with one attached hydrogen (secondary N) is 1. The number of nitrogens with zero attached hydrogens (tertiary/aromatic N) is 3. The average molecular weight is 619 g/mol. The summed E-state index contributed by atoms with van der Waals surface area (Å²) in [5, 5.41) is 0. The van der Waals surface area contributed by atoms with E-state index in [1.54, 1.807) is 18.2 Å². The van der Waals surface area contributed by atoms with Gasteiger partial charge in [-0.3, -0.25) is 4.79 Å². The smallest absolute Gasteiger partial charge is 0.249 e. The van der Waals surface area contributed by atoms with Gasteiger partial charge >= 0.3 is 0 Å². The van der Waals surface area contributed by atoms with Gasteiger partial charge in [-0.05, 0) is 54.5 Å². The molecule has 6 rings (SSSR count). The van der Waals surface area contributed by atoms with Crippen molar-refractivity contribution in [3.63, 3.8) is 0 Å². The van der Waals surface area contributed by atoms with Crippen molar-refractivity contribution >= 4 is 32.7 Å². The highest BCUT2D eigenvalue weighted by Gasteiger charge is 2.48. The van der Waals surface area contributed by atoms with E-state index in [9.17, 15) is 35.2 Å². The molecule has 7 nitrogen and oxygen atoms in total. The standard InChI is InChI=1S/C30H27F5N4O3S/c31-24-25(32)27(34)29(28(35)26(24)33)43(41,42)39-13-12-23(39)30(40)38(20-10-11-21-22(14-20)37-16-36-21)15-17-6-8-19(9-7-17)18-4-2-1-3-5-18/h6-11,14,16,18,23H,1-5,12-13,15H2,(H,36,37). The second-order valence-corrected chi connectivity index (χ2v) is 12.8. The molecule has 43 heavy (non-hydrogen) atoms. The number of benzene rings is 3. The van der Waals surface area contributed by atoms with Crippen molar-refractivity contribution in [2.75, 3.05) is 11.4 Å². The minimum atomic E-state index is -5.28. The summed E-state index contributed by atoms with van der Waals surface area (Å²) in [6.07, 6.45) is 7.27. The molecule has 1 saturated heterocycles. The Balaban J connectivity index is 1.33. The summed E-state index contributed by atoms with van der Waals surface area (Å²) in [5.41, 5.74) is 3.61. The lowest BCUT2D eigenvalue weighted by atomic mass is 9.84. The van der Waals surface area contributed by atoms with E-state index in [4.69, 9.17) is 0 Å². The number of halogens is 5. The molecule has 0 radical (unpaired) electrons.